The van der Waals surface area contributed by atoms with E-state index in [1.165, 1.54) is 6.07 Å². The Kier molecular flexibility index (Phi) is 6.04. The maximum atomic E-state index is 13.1. The molecular formula is C24H27N5O4. The first-order chi connectivity index (χ1) is 15.8. The van der Waals surface area contributed by atoms with Gasteiger partial charge >= 0.3 is 0 Å². The summed E-state index contributed by atoms with van der Waals surface area (Å²) < 4.78 is 5.49. The van der Waals surface area contributed by atoms with E-state index in [0.29, 0.717) is 37.4 Å². The van der Waals surface area contributed by atoms with Gasteiger partial charge in [0.15, 0.2) is 0 Å². The molecular weight excluding hydrogens is 422 g/mol. The average Bonchev–Trinajstić information content (AvgIpc) is 2.82. The Balaban J connectivity index is 1.52. The third kappa shape index (κ3) is 4.26. The molecule has 1 aliphatic heterocycles. The Morgan fingerprint density at radius 3 is 2.48 bits per heavy atom. The van der Waals surface area contributed by atoms with Crippen molar-refractivity contribution >= 4 is 34.0 Å². The molecule has 1 saturated heterocycles. The van der Waals surface area contributed by atoms with Gasteiger partial charge in [0.05, 0.1) is 12.0 Å². The number of nitro groups is 1. The number of benzene rings is 2. The summed E-state index contributed by atoms with van der Waals surface area (Å²) in [6.45, 7) is 4.31. The minimum atomic E-state index is -0.452. The van der Waals surface area contributed by atoms with Gasteiger partial charge in [-0.15, -0.1) is 0 Å². The molecule has 1 fully saturated rings. The van der Waals surface area contributed by atoms with Crippen LogP contribution in [0.3, 0.4) is 0 Å². The predicted octanol–water partition coefficient (Wildman–Crippen LogP) is 3.49. The van der Waals surface area contributed by atoms with Crippen molar-refractivity contribution in [1.29, 1.82) is 0 Å². The van der Waals surface area contributed by atoms with E-state index in [0.717, 1.165) is 28.0 Å². The molecule has 1 aromatic heterocycles. The summed E-state index contributed by atoms with van der Waals surface area (Å²) in [7, 11) is 5.11. The number of hydrogen-bond donors (Lipinski definition) is 0. The van der Waals surface area contributed by atoms with Gasteiger partial charge < -0.3 is 19.4 Å². The molecule has 2 aromatic carbocycles. The minimum absolute atomic E-state index is 0.0747. The van der Waals surface area contributed by atoms with Crippen molar-refractivity contribution in [3.63, 3.8) is 0 Å². The number of rotatable bonds is 5. The molecule has 9 heteroatoms. The van der Waals surface area contributed by atoms with E-state index < -0.39 is 4.92 Å². The van der Waals surface area contributed by atoms with Crippen LogP contribution in [-0.4, -0.2) is 68.1 Å². The van der Waals surface area contributed by atoms with Gasteiger partial charge in [-0.25, -0.2) is 4.98 Å². The molecule has 0 unspecified atom stereocenters. The van der Waals surface area contributed by atoms with E-state index in [-0.39, 0.29) is 11.6 Å². The normalized spacial score (nSPS) is 13.8. The van der Waals surface area contributed by atoms with Crippen LogP contribution in [0.4, 0.5) is 17.2 Å². The number of hydrogen-bond acceptors (Lipinski definition) is 7. The predicted molar refractivity (Wildman–Crippen MR) is 129 cm³/mol. The molecule has 0 aliphatic carbocycles. The highest BCUT2D eigenvalue weighted by atomic mass is 16.6. The van der Waals surface area contributed by atoms with Gasteiger partial charge in [-0.05, 0) is 36.8 Å². The number of para-hydroxylation sites is 1. The first kappa shape index (κ1) is 22.3. The summed E-state index contributed by atoms with van der Waals surface area (Å²) in [5.41, 5.74) is 2.65. The highest BCUT2D eigenvalue weighted by Gasteiger charge is 2.26. The third-order valence-electron chi connectivity index (χ3n) is 6.01. The van der Waals surface area contributed by atoms with Crippen LogP contribution in [0.25, 0.3) is 10.9 Å². The van der Waals surface area contributed by atoms with Crippen LogP contribution < -0.4 is 14.5 Å². The summed E-state index contributed by atoms with van der Waals surface area (Å²) in [4.78, 5) is 34.5. The number of nitrogens with zero attached hydrogens (tertiary/aromatic N) is 5. The zero-order valence-corrected chi connectivity index (χ0v) is 19.2. The van der Waals surface area contributed by atoms with Gasteiger partial charge in [0.1, 0.15) is 22.8 Å². The fraction of sp³-hybridized carbons (Fsp3) is 0.333. The second-order valence-electron chi connectivity index (χ2n) is 8.29. The first-order valence-electron chi connectivity index (χ1n) is 10.7. The van der Waals surface area contributed by atoms with Crippen molar-refractivity contribution in [1.82, 2.24) is 9.88 Å². The Bertz CT molecular complexity index is 1220. The quantitative estimate of drug-likeness (QED) is 0.435. The summed E-state index contributed by atoms with van der Waals surface area (Å²) in [5.74, 6) is 1.38. The second-order valence-corrected chi connectivity index (χ2v) is 8.29. The van der Waals surface area contributed by atoms with E-state index in [1.807, 2.05) is 18.2 Å². The molecule has 4 rings (SSSR count). The van der Waals surface area contributed by atoms with Crippen molar-refractivity contribution in [2.45, 2.75) is 6.92 Å². The van der Waals surface area contributed by atoms with Gasteiger partial charge in [0.2, 0.25) is 0 Å². The smallest absolute Gasteiger partial charge is 0.293 e. The van der Waals surface area contributed by atoms with Crippen molar-refractivity contribution in [3.8, 4) is 5.75 Å². The molecule has 0 bridgehead atoms. The number of methoxy groups -OCH3 is 1. The molecule has 1 amide bonds. The molecule has 0 atom stereocenters. The lowest BCUT2D eigenvalue weighted by Crippen LogP contribution is -2.49. The van der Waals surface area contributed by atoms with E-state index in [4.69, 9.17) is 9.72 Å². The molecule has 1 aliphatic rings. The van der Waals surface area contributed by atoms with Crippen LogP contribution in [0, 0.1) is 17.0 Å². The number of carbonyl (C=O) groups excluding carboxylic acids is 1. The molecule has 172 valence electrons. The standard InChI is InChI=1S/C24H27N5O4/c1-16-14-22(25-23-18(16)6-5-7-21(23)33-4)27-10-12-28(13-11-27)24(30)17-8-9-19(26(2)3)20(15-17)29(31)32/h5-9,14-15H,10-13H2,1-4H3. The lowest BCUT2D eigenvalue weighted by molar-refractivity contribution is -0.384. The fourth-order valence-electron chi connectivity index (χ4n) is 4.20. The lowest BCUT2D eigenvalue weighted by atomic mass is 10.1. The highest BCUT2D eigenvalue weighted by Crippen LogP contribution is 2.30. The fourth-order valence-corrected chi connectivity index (χ4v) is 4.20. The summed E-state index contributed by atoms with van der Waals surface area (Å²) in [5, 5.41) is 12.5. The van der Waals surface area contributed by atoms with E-state index in [1.54, 1.807) is 43.1 Å². The van der Waals surface area contributed by atoms with Crippen molar-refractivity contribution in [3.05, 3.63) is 63.7 Å². The number of anilines is 2. The maximum Gasteiger partial charge on any atom is 0.293 e. The zero-order chi connectivity index (χ0) is 23.7. The van der Waals surface area contributed by atoms with Crippen molar-refractivity contribution in [2.24, 2.45) is 0 Å². The number of nitro benzene ring substituents is 1. The van der Waals surface area contributed by atoms with E-state index >= 15 is 0 Å². The van der Waals surface area contributed by atoms with Gasteiger partial charge in [-0.3, -0.25) is 14.9 Å². The maximum absolute atomic E-state index is 13.1. The average molecular weight is 450 g/mol. The van der Waals surface area contributed by atoms with Crippen LogP contribution >= 0.6 is 0 Å². The van der Waals surface area contributed by atoms with Crippen molar-refractivity contribution in [2.75, 3.05) is 57.2 Å². The Morgan fingerprint density at radius 1 is 1.12 bits per heavy atom. The van der Waals surface area contributed by atoms with Crippen LogP contribution in [0.5, 0.6) is 5.75 Å². The Morgan fingerprint density at radius 2 is 1.85 bits per heavy atom. The molecule has 0 radical (unpaired) electrons. The van der Waals surface area contributed by atoms with Crippen LogP contribution in [0.1, 0.15) is 15.9 Å². The summed E-state index contributed by atoms with van der Waals surface area (Å²) >= 11 is 0. The molecule has 3 aromatic rings. The number of amides is 1. The second kappa shape index (κ2) is 8.93. The minimum Gasteiger partial charge on any atom is -0.494 e. The SMILES string of the molecule is COc1cccc2c(C)cc(N3CCN(C(=O)c4ccc(N(C)C)c([N+](=O)[O-])c4)CC3)nc12. The van der Waals surface area contributed by atoms with Gasteiger partial charge in [0, 0.05) is 57.3 Å². The van der Waals surface area contributed by atoms with Crippen LogP contribution in [0.15, 0.2) is 42.5 Å². The molecule has 0 spiro atoms. The number of ether oxygens (including phenoxy) is 1. The third-order valence-corrected chi connectivity index (χ3v) is 6.01. The molecule has 33 heavy (non-hydrogen) atoms. The van der Waals surface area contributed by atoms with E-state index in [9.17, 15) is 14.9 Å². The van der Waals surface area contributed by atoms with Crippen LogP contribution in [0.2, 0.25) is 0 Å². The number of aryl methyl sites for hydroxylation is 1. The summed E-state index contributed by atoms with van der Waals surface area (Å²) in [6, 6.07) is 12.6. The number of carbonyl (C=O) groups is 1. The number of aromatic nitrogens is 1. The highest BCUT2D eigenvalue weighted by molar-refractivity contribution is 5.96. The number of fused-ring (bicyclic) bond motifs is 1. The summed E-state index contributed by atoms with van der Waals surface area (Å²) in [6.07, 6.45) is 0. The zero-order valence-electron chi connectivity index (χ0n) is 19.2. The lowest BCUT2D eigenvalue weighted by Gasteiger charge is -2.35. The first-order valence-corrected chi connectivity index (χ1v) is 10.7. The Labute approximate surface area is 192 Å². The van der Waals surface area contributed by atoms with Gasteiger partial charge in [-0.1, -0.05) is 12.1 Å². The topological polar surface area (TPSA) is 92.0 Å². The van der Waals surface area contributed by atoms with Gasteiger partial charge in [0.25, 0.3) is 11.6 Å². The number of piperazine rings is 1. The van der Waals surface area contributed by atoms with Crippen LogP contribution in [-0.2, 0) is 0 Å². The molecule has 2 heterocycles. The van der Waals surface area contributed by atoms with Gasteiger partial charge in [-0.2, -0.15) is 0 Å². The molecule has 0 N–H and O–H groups in total. The Hall–Kier alpha value is -3.88. The monoisotopic (exact) mass is 449 g/mol. The van der Waals surface area contributed by atoms with E-state index in [2.05, 4.69) is 17.9 Å². The molecule has 0 saturated carbocycles. The molecule has 9 nitrogen and oxygen atoms in total. The van der Waals surface area contributed by atoms with Crippen molar-refractivity contribution < 1.29 is 14.5 Å². The number of pyridine rings is 1. The largest absolute Gasteiger partial charge is 0.494 e.